The normalized spacial score (nSPS) is 10.4. The second kappa shape index (κ2) is 5.83. The zero-order valence-electron chi connectivity index (χ0n) is 10.4. The van der Waals surface area contributed by atoms with E-state index < -0.39 is 0 Å². The number of H-pyrrole nitrogens is 1. The molecule has 2 aromatic heterocycles. The Labute approximate surface area is 118 Å². The molecule has 0 atom stereocenters. The molecule has 0 aliphatic carbocycles. The number of carbonyl (C=O) groups is 1. The summed E-state index contributed by atoms with van der Waals surface area (Å²) in [5.74, 6) is -0.347. The standard InChI is InChI=1S/C12H14BrN5O/c1-2-3-8-10(14)11(18-17-8)12(19)16-7-4-5-9(13)15-6-7/h4-6H,2-3,14H2,1H3,(H,16,19)(H,17,18). The van der Waals surface area contributed by atoms with Gasteiger partial charge in [-0.15, -0.1) is 0 Å². The van der Waals surface area contributed by atoms with Crippen LogP contribution in [0.3, 0.4) is 0 Å². The Morgan fingerprint density at radius 1 is 1.53 bits per heavy atom. The fourth-order valence-corrected chi connectivity index (χ4v) is 1.88. The molecule has 0 unspecified atom stereocenters. The molecule has 0 fully saturated rings. The number of nitrogens with zero attached hydrogens (tertiary/aromatic N) is 2. The van der Waals surface area contributed by atoms with Crippen molar-refractivity contribution in [3.8, 4) is 0 Å². The number of rotatable bonds is 4. The first-order valence-corrected chi connectivity index (χ1v) is 6.66. The van der Waals surface area contributed by atoms with Gasteiger partial charge >= 0.3 is 0 Å². The number of hydrogen-bond donors (Lipinski definition) is 3. The number of halogens is 1. The van der Waals surface area contributed by atoms with Crippen LogP contribution in [0.5, 0.6) is 0 Å². The van der Waals surface area contributed by atoms with Crippen LogP contribution in [0.15, 0.2) is 22.9 Å². The van der Waals surface area contributed by atoms with Gasteiger partial charge in [0.05, 0.1) is 23.3 Å². The molecule has 0 saturated carbocycles. The van der Waals surface area contributed by atoms with E-state index in [0.717, 1.165) is 18.5 Å². The third-order valence-electron chi connectivity index (χ3n) is 2.58. The van der Waals surface area contributed by atoms with E-state index in [4.69, 9.17) is 5.73 Å². The lowest BCUT2D eigenvalue weighted by atomic mass is 10.2. The van der Waals surface area contributed by atoms with Gasteiger partial charge in [0.15, 0.2) is 5.69 Å². The van der Waals surface area contributed by atoms with Gasteiger partial charge in [-0.3, -0.25) is 9.89 Å². The van der Waals surface area contributed by atoms with Crippen LogP contribution in [-0.4, -0.2) is 21.1 Å². The van der Waals surface area contributed by atoms with Crippen molar-refractivity contribution < 1.29 is 4.79 Å². The number of nitrogens with two attached hydrogens (primary N) is 1. The molecule has 2 heterocycles. The number of pyridine rings is 1. The lowest BCUT2D eigenvalue weighted by Crippen LogP contribution is -2.14. The molecule has 0 aliphatic heterocycles. The summed E-state index contributed by atoms with van der Waals surface area (Å²) in [6, 6.07) is 3.48. The Bertz CT molecular complexity index is 578. The molecule has 7 heteroatoms. The SMILES string of the molecule is CCCc1[nH]nc(C(=O)Nc2ccc(Br)nc2)c1N. The summed E-state index contributed by atoms with van der Waals surface area (Å²) in [6.07, 6.45) is 3.26. The van der Waals surface area contributed by atoms with Crippen molar-refractivity contribution >= 4 is 33.2 Å². The molecular weight excluding hydrogens is 310 g/mol. The molecule has 1 amide bonds. The maximum atomic E-state index is 12.0. The molecule has 0 radical (unpaired) electrons. The molecule has 0 saturated heterocycles. The van der Waals surface area contributed by atoms with E-state index in [-0.39, 0.29) is 11.6 Å². The summed E-state index contributed by atoms with van der Waals surface area (Å²) in [7, 11) is 0. The van der Waals surface area contributed by atoms with E-state index in [9.17, 15) is 4.79 Å². The lowest BCUT2D eigenvalue weighted by Gasteiger charge is -2.03. The molecule has 2 rings (SSSR count). The number of nitrogen functional groups attached to an aromatic ring is 1. The highest BCUT2D eigenvalue weighted by Crippen LogP contribution is 2.17. The Balaban J connectivity index is 2.13. The Morgan fingerprint density at radius 3 is 2.95 bits per heavy atom. The predicted octanol–water partition coefficient (Wildman–Crippen LogP) is 2.35. The van der Waals surface area contributed by atoms with Gasteiger partial charge < -0.3 is 11.1 Å². The molecule has 0 bridgehead atoms. The summed E-state index contributed by atoms with van der Waals surface area (Å²) < 4.78 is 0.704. The van der Waals surface area contributed by atoms with Gasteiger partial charge in [-0.05, 0) is 34.5 Å². The number of aromatic amines is 1. The second-order valence-electron chi connectivity index (χ2n) is 4.04. The van der Waals surface area contributed by atoms with Gasteiger partial charge in [0.2, 0.25) is 0 Å². The van der Waals surface area contributed by atoms with Crippen molar-refractivity contribution in [2.75, 3.05) is 11.1 Å². The van der Waals surface area contributed by atoms with E-state index in [1.165, 1.54) is 0 Å². The molecule has 0 aliphatic rings. The Hall–Kier alpha value is -1.89. The topological polar surface area (TPSA) is 96.7 Å². The monoisotopic (exact) mass is 323 g/mol. The number of aromatic nitrogens is 3. The highest BCUT2D eigenvalue weighted by Gasteiger charge is 2.16. The highest BCUT2D eigenvalue weighted by molar-refractivity contribution is 9.10. The first-order valence-electron chi connectivity index (χ1n) is 5.87. The molecular formula is C12H14BrN5O. The summed E-state index contributed by atoms with van der Waals surface area (Å²) in [5, 5.41) is 9.45. The van der Waals surface area contributed by atoms with E-state index in [2.05, 4.69) is 36.4 Å². The predicted molar refractivity (Wildman–Crippen MR) is 76.9 cm³/mol. The highest BCUT2D eigenvalue weighted by atomic mass is 79.9. The van der Waals surface area contributed by atoms with Crippen LogP contribution in [0.2, 0.25) is 0 Å². The summed E-state index contributed by atoms with van der Waals surface area (Å²) in [6.45, 7) is 2.04. The van der Waals surface area contributed by atoms with Gasteiger partial charge in [-0.25, -0.2) is 4.98 Å². The van der Waals surface area contributed by atoms with Gasteiger partial charge in [0.1, 0.15) is 4.60 Å². The van der Waals surface area contributed by atoms with E-state index >= 15 is 0 Å². The maximum Gasteiger partial charge on any atom is 0.278 e. The smallest absolute Gasteiger partial charge is 0.278 e. The molecule has 0 spiro atoms. The van der Waals surface area contributed by atoms with Crippen LogP contribution < -0.4 is 11.1 Å². The third-order valence-corrected chi connectivity index (χ3v) is 3.05. The minimum Gasteiger partial charge on any atom is -0.395 e. The zero-order valence-corrected chi connectivity index (χ0v) is 12.0. The summed E-state index contributed by atoms with van der Waals surface area (Å²) in [4.78, 5) is 16.0. The average molecular weight is 324 g/mol. The van der Waals surface area contributed by atoms with Crippen LogP contribution in [0.25, 0.3) is 0 Å². The lowest BCUT2D eigenvalue weighted by molar-refractivity contribution is 0.102. The van der Waals surface area contributed by atoms with Gasteiger partial charge in [0.25, 0.3) is 5.91 Å². The van der Waals surface area contributed by atoms with Crippen molar-refractivity contribution in [1.82, 2.24) is 15.2 Å². The van der Waals surface area contributed by atoms with Crippen LogP contribution in [0, 0.1) is 0 Å². The van der Waals surface area contributed by atoms with Crippen molar-refractivity contribution in [3.05, 3.63) is 34.3 Å². The van der Waals surface area contributed by atoms with Crippen LogP contribution in [0.1, 0.15) is 29.5 Å². The quantitative estimate of drug-likeness (QED) is 0.752. The minimum atomic E-state index is -0.347. The molecule has 6 nitrogen and oxygen atoms in total. The molecule has 0 aromatic carbocycles. The molecule has 100 valence electrons. The Kier molecular flexibility index (Phi) is 4.16. The summed E-state index contributed by atoms with van der Waals surface area (Å²) in [5.41, 5.74) is 7.90. The average Bonchev–Trinajstić information content (AvgIpc) is 2.75. The molecule has 4 N–H and O–H groups in total. The first kappa shape index (κ1) is 13.5. The van der Waals surface area contributed by atoms with E-state index in [1.54, 1.807) is 18.3 Å². The number of aryl methyl sites for hydroxylation is 1. The van der Waals surface area contributed by atoms with Crippen molar-refractivity contribution in [1.29, 1.82) is 0 Å². The number of carbonyl (C=O) groups excluding carboxylic acids is 1. The first-order chi connectivity index (χ1) is 9.11. The van der Waals surface area contributed by atoms with Crippen LogP contribution >= 0.6 is 15.9 Å². The minimum absolute atomic E-state index is 0.214. The van der Waals surface area contributed by atoms with Crippen molar-refractivity contribution in [2.45, 2.75) is 19.8 Å². The fraction of sp³-hybridized carbons (Fsp3) is 0.250. The zero-order chi connectivity index (χ0) is 13.8. The number of nitrogens with one attached hydrogen (secondary N) is 2. The third kappa shape index (κ3) is 3.11. The van der Waals surface area contributed by atoms with Crippen LogP contribution in [0.4, 0.5) is 11.4 Å². The number of amides is 1. The van der Waals surface area contributed by atoms with E-state index in [0.29, 0.717) is 16.0 Å². The van der Waals surface area contributed by atoms with Gasteiger partial charge in [-0.2, -0.15) is 5.10 Å². The largest absolute Gasteiger partial charge is 0.395 e. The van der Waals surface area contributed by atoms with Crippen LogP contribution in [-0.2, 0) is 6.42 Å². The Morgan fingerprint density at radius 2 is 2.32 bits per heavy atom. The van der Waals surface area contributed by atoms with Gasteiger partial charge in [-0.1, -0.05) is 13.3 Å². The molecule has 19 heavy (non-hydrogen) atoms. The van der Waals surface area contributed by atoms with Crippen molar-refractivity contribution in [3.63, 3.8) is 0 Å². The second-order valence-corrected chi connectivity index (χ2v) is 4.85. The van der Waals surface area contributed by atoms with Gasteiger partial charge in [0, 0.05) is 0 Å². The fourth-order valence-electron chi connectivity index (χ4n) is 1.64. The van der Waals surface area contributed by atoms with E-state index in [1.807, 2.05) is 6.92 Å². The van der Waals surface area contributed by atoms with Crippen molar-refractivity contribution in [2.24, 2.45) is 0 Å². The molecule has 2 aromatic rings. The maximum absolute atomic E-state index is 12.0. The number of hydrogen-bond acceptors (Lipinski definition) is 4. The number of anilines is 2. The summed E-state index contributed by atoms with van der Waals surface area (Å²) >= 11 is 3.23.